The monoisotopic (exact) mass is 1170 g/mol. The minimum Gasteiger partial charge on any atom is -0.462 e. The van der Waals surface area contributed by atoms with Gasteiger partial charge in [0.05, 0.1) is 0 Å². The van der Waals surface area contributed by atoms with Gasteiger partial charge in [-0.2, -0.15) is 0 Å². The lowest BCUT2D eigenvalue weighted by atomic mass is 10.0. The molecule has 0 heterocycles. The lowest BCUT2D eigenvalue weighted by molar-refractivity contribution is -0.167. The third-order valence-corrected chi connectivity index (χ3v) is 17.8. The largest absolute Gasteiger partial charge is 0.462 e. The Balaban J connectivity index is 4.17. The quantitative estimate of drug-likeness (QED) is 0.0261. The maximum Gasteiger partial charge on any atom is 0.306 e. The molecule has 0 aromatic heterocycles. The number of rotatable bonds is 72. The molecule has 6 nitrogen and oxygen atoms in total. The van der Waals surface area contributed by atoms with Gasteiger partial charge in [-0.1, -0.05) is 392 Å². The van der Waals surface area contributed by atoms with Crippen LogP contribution in [0.4, 0.5) is 0 Å². The Morgan fingerprint density at radius 2 is 0.398 bits per heavy atom. The number of carbonyl (C=O) groups is 3. The standard InChI is InChI=1S/C77H148O6/c1-4-7-10-13-16-19-22-25-27-29-31-33-35-37-38-40-41-43-45-47-49-52-55-58-61-64-67-70-76(79)82-73-74(72-81-75(78)69-66-63-60-57-54-51-24-21-18-15-12-9-6-3)83-77(80)71-68-65-62-59-56-53-50-48-46-44-42-39-36-34-32-30-28-26-23-20-17-14-11-8-5-2/h30,32,74H,4-29,31,33-73H2,1-3H3/b32-30-. The van der Waals surface area contributed by atoms with Crippen molar-refractivity contribution in [2.24, 2.45) is 0 Å². The first-order chi connectivity index (χ1) is 41.0. The van der Waals surface area contributed by atoms with Crippen molar-refractivity contribution >= 4 is 17.9 Å². The first kappa shape index (κ1) is 81.2. The van der Waals surface area contributed by atoms with Crippen LogP contribution < -0.4 is 0 Å². The fourth-order valence-electron chi connectivity index (χ4n) is 12.0. The van der Waals surface area contributed by atoms with E-state index < -0.39 is 6.10 Å². The Morgan fingerprint density at radius 1 is 0.229 bits per heavy atom. The third kappa shape index (κ3) is 70.8. The second-order valence-electron chi connectivity index (χ2n) is 26.3. The summed E-state index contributed by atoms with van der Waals surface area (Å²) in [5.41, 5.74) is 0. The second-order valence-corrected chi connectivity index (χ2v) is 26.3. The summed E-state index contributed by atoms with van der Waals surface area (Å²) in [5, 5.41) is 0. The zero-order valence-electron chi connectivity index (χ0n) is 56.8. The lowest BCUT2D eigenvalue weighted by Crippen LogP contribution is -2.30. The molecule has 492 valence electrons. The molecule has 0 aromatic rings. The van der Waals surface area contributed by atoms with Crippen LogP contribution in [0.1, 0.15) is 445 Å². The molecular weight excluding hydrogens is 1020 g/mol. The van der Waals surface area contributed by atoms with Crippen molar-refractivity contribution in [3.05, 3.63) is 12.2 Å². The summed E-state index contributed by atoms with van der Waals surface area (Å²) in [6, 6.07) is 0. The molecule has 0 rings (SSSR count). The smallest absolute Gasteiger partial charge is 0.306 e. The molecule has 83 heavy (non-hydrogen) atoms. The van der Waals surface area contributed by atoms with Gasteiger partial charge < -0.3 is 14.2 Å². The summed E-state index contributed by atoms with van der Waals surface area (Å²) < 4.78 is 17.0. The Labute approximate surface area is 520 Å². The van der Waals surface area contributed by atoms with Gasteiger partial charge >= 0.3 is 17.9 Å². The fourth-order valence-corrected chi connectivity index (χ4v) is 12.0. The highest BCUT2D eigenvalue weighted by Gasteiger charge is 2.20. The van der Waals surface area contributed by atoms with Gasteiger partial charge in [-0.15, -0.1) is 0 Å². The third-order valence-electron chi connectivity index (χ3n) is 17.8. The van der Waals surface area contributed by atoms with Crippen LogP contribution in [0.5, 0.6) is 0 Å². The van der Waals surface area contributed by atoms with E-state index in [1.165, 1.54) is 347 Å². The van der Waals surface area contributed by atoms with Gasteiger partial charge in [0, 0.05) is 19.3 Å². The zero-order valence-corrected chi connectivity index (χ0v) is 56.8. The van der Waals surface area contributed by atoms with Crippen LogP contribution in [0.2, 0.25) is 0 Å². The van der Waals surface area contributed by atoms with Crippen LogP contribution in [-0.2, 0) is 28.6 Å². The van der Waals surface area contributed by atoms with E-state index in [1.807, 2.05) is 0 Å². The van der Waals surface area contributed by atoms with Crippen LogP contribution >= 0.6 is 0 Å². The fraction of sp³-hybridized carbons (Fsp3) is 0.935. The molecule has 0 aliphatic carbocycles. The molecular formula is C77H148O6. The second kappa shape index (κ2) is 72.6. The maximum absolute atomic E-state index is 13.0. The Hall–Kier alpha value is -1.85. The molecule has 0 N–H and O–H groups in total. The van der Waals surface area contributed by atoms with Crippen molar-refractivity contribution in [2.45, 2.75) is 451 Å². The molecule has 0 radical (unpaired) electrons. The highest BCUT2D eigenvalue weighted by atomic mass is 16.6. The Bertz CT molecular complexity index is 1300. The SMILES string of the molecule is CCCCCCCCCC/C=C\CCCCCCCCCCCCCCCC(=O)OC(COC(=O)CCCCCCCCCCCCCCC)COC(=O)CCCCCCCCCCCCCCCCCCCCCCCCCCCCC. The van der Waals surface area contributed by atoms with Crippen molar-refractivity contribution < 1.29 is 28.6 Å². The normalized spacial score (nSPS) is 12.0. The van der Waals surface area contributed by atoms with Crippen molar-refractivity contribution in [3.8, 4) is 0 Å². The number of hydrogen-bond acceptors (Lipinski definition) is 6. The first-order valence-electron chi connectivity index (χ1n) is 38.2. The number of ether oxygens (including phenoxy) is 3. The van der Waals surface area contributed by atoms with E-state index >= 15 is 0 Å². The number of unbranched alkanes of at least 4 members (excludes halogenated alkanes) is 59. The van der Waals surface area contributed by atoms with Crippen molar-refractivity contribution in [2.75, 3.05) is 13.2 Å². The summed E-state index contributed by atoms with van der Waals surface area (Å²) in [7, 11) is 0. The van der Waals surface area contributed by atoms with E-state index in [0.717, 1.165) is 57.8 Å². The molecule has 1 unspecified atom stereocenters. The molecule has 0 bridgehead atoms. The number of carbonyl (C=O) groups excluding carboxylic acids is 3. The lowest BCUT2D eigenvalue weighted by Gasteiger charge is -2.18. The van der Waals surface area contributed by atoms with E-state index in [9.17, 15) is 14.4 Å². The number of esters is 3. The highest BCUT2D eigenvalue weighted by Crippen LogP contribution is 2.20. The van der Waals surface area contributed by atoms with Crippen molar-refractivity contribution in [1.82, 2.24) is 0 Å². The molecule has 0 spiro atoms. The topological polar surface area (TPSA) is 78.9 Å². The number of allylic oxidation sites excluding steroid dienone is 2. The molecule has 0 aliphatic heterocycles. The summed E-state index contributed by atoms with van der Waals surface area (Å²) in [6.07, 6.45) is 88.4. The van der Waals surface area contributed by atoms with Crippen LogP contribution in [0, 0.1) is 0 Å². The van der Waals surface area contributed by atoms with E-state index in [-0.39, 0.29) is 31.1 Å². The van der Waals surface area contributed by atoms with E-state index in [2.05, 4.69) is 32.9 Å². The van der Waals surface area contributed by atoms with E-state index in [4.69, 9.17) is 14.2 Å². The van der Waals surface area contributed by atoms with Gasteiger partial charge in [-0.05, 0) is 44.9 Å². The first-order valence-corrected chi connectivity index (χ1v) is 38.2. The zero-order chi connectivity index (χ0) is 59.9. The molecule has 6 heteroatoms. The minimum absolute atomic E-state index is 0.0623. The van der Waals surface area contributed by atoms with Crippen LogP contribution in [0.3, 0.4) is 0 Å². The Kier molecular flexibility index (Phi) is 71.0. The average molecular weight is 1170 g/mol. The van der Waals surface area contributed by atoms with E-state index in [1.54, 1.807) is 0 Å². The minimum atomic E-state index is -0.766. The van der Waals surface area contributed by atoms with Gasteiger partial charge in [-0.3, -0.25) is 14.4 Å². The van der Waals surface area contributed by atoms with Gasteiger partial charge in [0.1, 0.15) is 13.2 Å². The summed E-state index contributed by atoms with van der Waals surface area (Å²) in [5.74, 6) is -0.823. The summed E-state index contributed by atoms with van der Waals surface area (Å²) >= 11 is 0. The van der Waals surface area contributed by atoms with Gasteiger partial charge in [0.25, 0.3) is 0 Å². The molecule has 0 saturated carbocycles. The van der Waals surface area contributed by atoms with Crippen molar-refractivity contribution in [3.63, 3.8) is 0 Å². The summed E-state index contributed by atoms with van der Waals surface area (Å²) in [6.45, 7) is 6.74. The predicted octanol–water partition coefficient (Wildman–Crippen LogP) is 26.3. The molecule has 0 aliphatic rings. The van der Waals surface area contributed by atoms with Crippen LogP contribution in [-0.4, -0.2) is 37.2 Å². The Morgan fingerprint density at radius 3 is 0.602 bits per heavy atom. The molecule has 0 saturated heterocycles. The molecule has 0 amide bonds. The molecule has 1 atom stereocenters. The van der Waals surface area contributed by atoms with E-state index in [0.29, 0.717) is 19.3 Å². The van der Waals surface area contributed by atoms with Crippen LogP contribution in [0.25, 0.3) is 0 Å². The number of hydrogen-bond donors (Lipinski definition) is 0. The predicted molar refractivity (Wildman–Crippen MR) is 363 cm³/mol. The molecule has 0 aromatic carbocycles. The average Bonchev–Trinajstić information content (AvgIpc) is 3.49. The van der Waals surface area contributed by atoms with Crippen molar-refractivity contribution in [1.29, 1.82) is 0 Å². The highest BCUT2D eigenvalue weighted by molar-refractivity contribution is 5.71. The van der Waals surface area contributed by atoms with Crippen LogP contribution in [0.15, 0.2) is 12.2 Å². The molecule has 0 fully saturated rings. The van der Waals surface area contributed by atoms with Gasteiger partial charge in [0.15, 0.2) is 6.10 Å². The summed E-state index contributed by atoms with van der Waals surface area (Å²) in [4.78, 5) is 38.5. The van der Waals surface area contributed by atoms with Gasteiger partial charge in [0.2, 0.25) is 0 Å². The van der Waals surface area contributed by atoms with Gasteiger partial charge in [-0.25, -0.2) is 0 Å². The maximum atomic E-state index is 13.0.